The molecule has 0 atom stereocenters. The maximum absolute atomic E-state index is 11.4. The van der Waals surface area contributed by atoms with E-state index < -0.39 is 0 Å². The van der Waals surface area contributed by atoms with Crippen molar-refractivity contribution in [2.24, 2.45) is 0 Å². The number of aromatic nitrogens is 1. The molecule has 0 aliphatic carbocycles. The van der Waals surface area contributed by atoms with Gasteiger partial charge in [0.1, 0.15) is 0 Å². The van der Waals surface area contributed by atoms with Gasteiger partial charge in [-0.1, -0.05) is 18.2 Å². The highest BCUT2D eigenvalue weighted by atomic mass is 16.5. The maximum Gasteiger partial charge on any atom is 0.214 e. The Balaban J connectivity index is 2.80. The second-order valence-corrected chi connectivity index (χ2v) is 3.29. The van der Waals surface area contributed by atoms with Crippen LogP contribution in [0.1, 0.15) is 17.3 Å². The Kier molecular flexibility index (Phi) is 2.37. The molecule has 3 heteroatoms. The second-order valence-electron chi connectivity index (χ2n) is 3.29. The van der Waals surface area contributed by atoms with E-state index in [2.05, 4.69) is 4.98 Å². The van der Waals surface area contributed by atoms with Gasteiger partial charge in [0.2, 0.25) is 5.88 Å². The monoisotopic (exact) mass is 201 g/mol. The van der Waals surface area contributed by atoms with Gasteiger partial charge in [0.15, 0.2) is 5.78 Å². The van der Waals surface area contributed by atoms with Crippen molar-refractivity contribution in [2.45, 2.75) is 6.92 Å². The van der Waals surface area contributed by atoms with Crippen LogP contribution in [0.25, 0.3) is 10.9 Å². The molecule has 0 aliphatic rings. The van der Waals surface area contributed by atoms with Gasteiger partial charge in [-0.05, 0) is 13.0 Å². The molecule has 1 heterocycles. The van der Waals surface area contributed by atoms with Crippen LogP contribution < -0.4 is 4.74 Å². The van der Waals surface area contributed by atoms with E-state index in [9.17, 15) is 4.79 Å². The van der Waals surface area contributed by atoms with Gasteiger partial charge in [0.25, 0.3) is 0 Å². The Labute approximate surface area is 87.7 Å². The number of hydrogen-bond donors (Lipinski definition) is 0. The Morgan fingerprint density at radius 2 is 2.07 bits per heavy atom. The van der Waals surface area contributed by atoms with Gasteiger partial charge in [-0.3, -0.25) is 4.79 Å². The molecule has 76 valence electrons. The number of carbonyl (C=O) groups excluding carboxylic acids is 1. The van der Waals surface area contributed by atoms with Gasteiger partial charge in [-0.15, -0.1) is 0 Å². The van der Waals surface area contributed by atoms with Crippen LogP contribution >= 0.6 is 0 Å². The fourth-order valence-electron chi connectivity index (χ4n) is 1.55. The van der Waals surface area contributed by atoms with Crippen molar-refractivity contribution in [1.82, 2.24) is 4.98 Å². The predicted octanol–water partition coefficient (Wildman–Crippen LogP) is 2.45. The average molecular weight is 201 g/mol. The zero-order chi connectivity index (χ0) is 10.8. The van der Waals surface area contributed by atoms with Gasteiger partial charge in [0.05, 0.1) is 12.6 Å². The Morgan fingerprint density at radius 3 is 2.73 bits per heavy atom. The molecule has 3 nitrogen and oxygen atoms in total. The van der Waals surface area contributed by atoms with E-state index in [0.717, 1.165) is 10.9 Å². The van der Waals surface area contributed by atoms with Crippen molar-refractivity contribution < 1.29 is 9.53 Å². The Bertz CT molecular complexity index is 520. The Hall–Kier alpha value is -1.90. The van der Waals surface area contributed by atoms with E-state index in [0.29, 0.717) is 11.4 Å². The van der Waals surface area contributed by atoms with E-state index in [-0.39, 0.29) is 5.78 Å². The third-order valence-corrected chi connectivity index (χ3v) is 2.28. The molecule has 1 aromatic carbocycles. The molecule has 2 rings (SSSR count). The lowest BCUT2D eigenvalue weighted by Gasteiger charge is -2.05. The molecule has 0 aliphatic heterocycles. The number of Topliss-reactive ketones (excluding diaryl/α,β-unsaturated/α-hetero) is 1. The molecular weight excluding hydrogens is 190 g/mol. The highest BCUT2D eigenvalue weighted by Crippen LogP contribution is 2.21. The number of benzene rings is 1. The predicted molar refractivity (Wildman–Crippen MR) is 58.3 cm³/mol. The quantitative estimate of drug-likeness (QED) is 0.700. The molecule has 15 heavy (non-hydrogen) atoms. The molecule has 0 fully saturated rings. The second kappa shape index (κ2) is 3.69. The highest BCUT2D eigenvalue weighted by molar-refractivity contribution is 6.06. The lowest BCUT2D eigenvalue weighted by molar-refractivity contribution is 0.101. The number of methoxy groups -OCH3 is 1. The summed E-state index contributed by atoms with van der Waals surface area (Å²) >= 11 is 0. The van der Waals surface area contributed by atoms with Crippen LogP contribution in [0.15, 0.2) is 30.3 Å². The molecule has 0 saturated carbocycles. The smallest absolute Gasteiger partial charge is 0.214 e. The van der Waals surface area contributed by atoms with Crippen molar-refractivity contribution in [3.8, 4) is 5.88 Å². The van der Waals surface area contributed by atoms with E-state index >= 15 is 0 Å². The average Bonchev–Trinajstić information content (AvgIpc) is 2.27. The van der Waals surface area contributed by atoms with Crippen LogP contribution in [0.3, 0.4) is 0 Å². The molecule has 0 saturated heterocycles. The first-order chi connectivity index (χ1) is 7.22. The number of carbonyl (C=O) groups is 1. The number of hydrogen-bond acceptors (Lipinski definition) is 3. The normalized spacial score (nSPS) is 10.3. The summed E-state index contributed by atoms with van der Waals surface area (Å²) in [7, 11) is 1.54. The number of ketones is 1. The fraction of sp³-hybridized carbons (Fsp3) is 0.167. The molecule has 0 radical (unpaired) electrons. The molecular formula is C12H11NO2. The number of ether oxygens (including phenoxy) is 1. The van der Waals surface area contributed by atoms with Crippen LogP contribution in [0, 0.1) is 0 Å². The molecule has 0 spiro atoms. The summed E-state index contributed by atoms with van der Waals surface area (Å²) in [5.41, 5.74) is 1.43. The third-order valence-electron chi connectivity index (χ3n) is 2.28. The number of nitrogens with zero attached hydrogens (tertiary/aromatic N) is 1. The van der Waals surface area contributed by atoms with Gasteiger partial charge in [-0.2, -0.15) is 0 Å². The first-order valence-electron chi connectivity index (χ1n) is 4.67. The SMILES string of the molecule is COc1cc(C(C)=O)c2ccccc2n1. The fourth-order valence-corrected chi connectivity index (χ4v) is 1.55. The molecule has 0 bridgehead atoms. The first-order valence-corrected chi connectivity index (χ1v) is 4.67. The van der Waals surface area contributed by atoms with Crippen molar-refractivity contribution in [2.75, 3.05) is 7.11 Å². The van der Waals surface area contributed by atoms with E-state index in [1.807, 2.05) is 24.3 Å². The van der Waals surface area contributed by atoms with E-state index in [1.165, 1.54) is 0 Å². The van der Waals surface area contributed by atoms with Gasteiger partial charge < -0.3 is 4.74 Å². The van der Waals surface area contributed by atoms with Crippen LogP contribution in [0.2, 0.25) is 0 Å². The summed E-state index contributed by atoms with van der Waals surface area (Å²) in [4.78, 5) is 15.7. The number of pyridine rings is 1. The summed E-state index contributed by atoms with van der Waals surface area (Å²) in [5.74, 6) is 0.491. The summed E-state index contributed by atoms with van der Waals surface area (Å²) in [6.07, 6.45) is 0. The Morgan fingerprint density at radius 1 is 1.33 bits per heavy atom. The van der Waals surface area contributed by atoms with Crippen molar-refractivity contribution in [3.63, 3.8) is 0 Å². The third kappa shape index (κ3) is 1.68. The number of para-hydroxylation sites is 1. The standard InChI is InChI=1S/C12H11NO2/c1-8(14)10-7-12(15-2)13-11-6-4-3-5-9(10)11/h3-7H,1-2H3. The topological polar surface area (TPSA) is 39.2 Å². The lowest BCUT2D eigenvalue weighted by Crippen LogP contribution is -1.97. The van der Waals surface area contributed by atoms with Crippen LogP contribution in [0.5, 0.6) is 5.88 Å². The molecule has 0 N–H and O–H groups in total. The van der Waals surface area contributed by atoms with Crippen molar-refractivity contribution in [3.05, 3.63) is 35.9 Å². The summed E-state index contributed by atoms with van der Waals surface area (Å²) in [5, 5.41) is 0.866. The molecule has 1 aromatic heterocycles. The zero-order valence-corrected chi connectivity index (χ0v) is 8.65. The minimum absolute atomic E-state index is 0.0203. The summed E-state index contributed by atoms with van der Waals surface area (Å²) in [6.45, 7) is 1.54. The molecule has 0 unspecified atom stereocenters. The minimum atomic E-state index is 0.0203. The summed E-state index contributed by atoms with van der Waals surface area (Å²) in [6, 6.07) is 9.20. The molecule has 0 amide bonds. The minimum Gasteiger partial charge on any atom is -0.481 e. The summed E-state index contributed by atoms with van der Waals surface area (Å²) < 4.78 is 5.05. The highest BCUT2D eigenvalue weighted by Gasteiger charge is 2.08. The zero-order valence-electron chi connectivity index (χ0n) is 8.65. The number of rotatable bonds is 2. The number of fused-ring (bicyclic) bond motifs is 1. The van der Waals surface area contributed by atoms with Crippen LogP contribution in [0.4, 0.5) is 0 Å². The van der Waals surface area contributed by atoms with Gasteiger partial charge >= 0.3 is 0 Å². The lowest BCUT2D eigenvalue weighted by atomic mass is 10.1. The molecule has 2 aromatic rings. The van der Waals surface area contributed by atoms with Crippen molar-refractivity contribution >= 4 is 16.7 Å². The van der Waals surface area contributed by atoms with Crippen molar-refractivity contribution in [1.29, 1.82) is 0 Å². The van der Waals surface area contributed by atoms with Crippen LogP contribution in [-0.4, -0.2) is 17.9 Å². The van der Waals surface area contributed by atoms with E-state index in [4.69, 9.17) is 4.74 Å². The largest absolute Gasteiger partial charge is 0.481 e. The van der Waals surface area contributed by atoms with Gasteiger partial charge in [-0.25, -0.2) is 4.98 Å². The first kappa shape index (κ1) is 9.65. The maximum atomic E-state index is 11.4. The van der Waals surface area contributed by atoms with Gasteiger partial charge in [0, 0.05) is 17.0 Å². The van der Waals surface area contributed by atoms with E-state index in [1.54, 1.807) is 20.1 Å². The van der Waals surface area contributed by atoms with Crippen LogP contribution in [-0.2, 0) is 0 Å².